The number of phosphoric acid groups is 1. The van der Waals surface area contributed by atoms with Crippen LogP contribution in [0.4, 0.5) is 0 Å². The molecule has 0 aromatic rings. The van der Waals surface area contributed by atoms with Crippen molar-refractivity contribution in [2.75, 3.05) is 40.9 Å². The highest BCUT2D eigenvalue weighted by molar-refractivity contribution is 7.47. The topological polar surface area (TPSA) is 105 Å². The third-order valence-corrected chi connectivity index (χ3v) is 16.3. The molecule has 0 spiro atoms. The van der Waals surface area contributed by atoms with Crippen LogP contribution in [0.25, 0.3) is 0 Å². The second-order valence-electron chi connectivity index (χ2n) is 24.2. The zero-order valence-corrected chi connectivity index (χ0v) is 52.4. The van der Waals surface area contributed by atoms with Gasteiger partial charge >= 0.3 is 7.82 Å². The van der Waals surface area contributed by atoms with Crippen LogP contribution in [-0.4, -0.2) is 73.4 Å². The minimum Gasteiger partial charge on any atom is -0.387 e. The second-order valence-corrected chi connectivity index (χ2v) is 25.6. The maximum Gasteiger partial charge on any atom is 0.472 e. The summed E-state index contributed by atoms with van der Waals surface area (Å²) >= 11 is 0. The molecule has 0 rings (SSSR count). The van der Waals surface area contributed by atoms with Gasteiger partial charge in [0.15, 0.2) is 0 Å². The number of carbonyl (C=O) groups excluding carboxylic acids is 1. The number of likely N-dealkylation sites (N-methyl/N-ethyl adjacent to an activating group) is 1. The Morgan fingerprint density at radius 1 is 0.434 bits per heavy atom. The number of aliphatic hydroxyl groups is 1. The number of nitrogens with one attached hydrogen (secondary N) is 1. The number of quaternary nitrogens is 1. The van der Waals surface area contributed by atoms with Crippen LogP contribution in [0, 0.1) is 0 Å². The Kier molecular flexibility index (Phi) is 57.4. The lowest BCUT2D eigenvalue weighted by Gasteiger charge is -2.25. The number of nitrogens with zero attached hydrogens (tertiary/aromatic N) is 1. The maximum atomic E-state index is 13.0. The Hall–Kier alpha value is -1.28. The predicted molar refractivity (Wildman–Crippen MR) is 332 cm³/mol. The van der Waals surface area contributed by atoms with Gasteiger partial charge in [0, 0.05) is 6.42 Å². The number of aliphatic hydroxyl groups excluding tert-OH is 1. The molecular formula is C67H132N2O6P+. The van der Waals surface area contributed by atoms with Crippen molar-refractivity contribution in [3.63, 3.8) is 0 Å². The first-order valence-electron chi connectivity index (χ1n) is 33.4. The van der Waals surface area contributed by atoms with Crippen LogP contribution in [0.2, 0.25) is 0 Å². The van der Waals surface area contributed by atoms with E-state index in [2.05, 4.69) is 43.5 Å². The van der Waals surface area contributed by atoms with E-state index in [9.17, 15) is 19.4 Å². The highest BCUT2D eigenvalue weighted by Crippen LogP contribution is 2.43. The van der Waals surface area contributed by atoms with E-state index in [1.54, 1.807) is 6.08 Å². The van der Waals surface area contributed by atoms with E-state index >= 15 is 0 Å². The van der Waals surface area contributed by atoms with Crippen LogP contribution in [0.15, 0.2) is 36.5 Å². The van der Waals surface area contributed by atoms with Gasteiger partial charge in [-0.3, -0.25) is 13.8 Å². The van der Waals surface area contributed by atoms with Crippen LogP contribution >= 0.6 is 7.82 Å². The summed E-state index contributed by atoms with van der Waals surface area (Å²) in [4.78, 5) is 23.4. The number of unbranched alkanes of at least 4 members (excludes halogenated alkanes) is 45. The lowest BCUT2D eigenvalue weighted by molar-refractivity contribution is -0.870. The first kappa shape index (κ1) is 74.7. The Balaban J connectivity index is 4.04. The predicted octanol–water partition coefficient (Wildman–Crippen LogP) is 20.9. The zero-order valence-electron chi connectivity index (χ0n) is 51.5. The summed E-state index contributed by atoms with van der Waals surface area (Å²) in [6, 6.07) is -0.869. The van der Waals surface area contributed by atoms with Crippen molar-refractivity contribution >= 4 is 13.7 Å². The molecule has 8 nitrogen and oxygen atoms in total. The maximum absolute atomic E-state index is 13.0. The summed E-state index contributed by atoms with van der Waals surface area (Å²) in [5.74, 6) is -0.184. The van der Waals surface area contributed by atoms with E-state index in [1.165, 1.54) is 270 Å². The van der Waals surface area contributed by atoms with Crippen LogP contribution < -0.4 is 5.32 Å². The van der Waals surface area contributed by atoms with Gasteiger partial charge in [0.2, 0.25) is 5.91 Å². The van der Waals surface area contributed by atoms with E-state index in [0.29, 0.717) is 17.4 Å². The molecule has 0 aliphatic heterocycles. The van der Waals surface area contributed by atoms with Gasteiger partial charge in [0.1, 0.15) is 13.2 Å². The summed E-state index contributed by atoms with van der Waals surface area (Å²) in [6.45, 7) is 4.83. The molecule has 0 saturated heterocycles. The normalized spacial score (nSPS) is 13.9. The molecule has 3 unspecified atom stereocenters. The van der Waals surface area contributed by atoms with Gasteiger partial charge in [-0.25, -0.2) is 4.57 Å². The van der Waals surface area contributed by atoms with Crippen molar-refractivity contribution < 1.29 is 32.9 Å². The zero-order chi connectivity index (χ0) is 55.6. The largest absolute Gasteiger partial charge is 0.472 e. The molecule has 1 amide bonds. The fraction of sp³-hybridized carbons (Fsp3) is 0.896. The number of carbonyl (C=O) groups is 1. The van der Waals surface area contributed by atoms with Gasteiger partial charge < -0.3 is 19.8 Å². The number of hydrogen-bond acceptors (Lipinski definition) is 5. The smallest absolute Gasteiger partial charge is 0.387 e. The highest BCUT2D eigenvalue weighted by atomic mass is 31.2. The third kappa shape index (κ3) is 60.4. The van der Waals surface area contributed by atoms with E-state index in [4.69, 9.17) is 9.05 Å². The van der Waals surface area contributed by atoms with Gasteiger partial charge in [-0.1, -0.05) is 320 Å². The molecule has 0 aromatic carbocycles. The molecule has 0 aliphatic rings. The monoisotopic (exact) mass is 1090 g/mol. The van der Waals surface area contributed by atoms with Gasteiger partial charge in [-0.05, 0) is 44.9 Å². The second kappa shape index (κ2) is 58.4. The Morgan fingerprint density at radius 3 is 1.05 bits per heavy atom. The van der Waals surface area contributed by atoms with E-state index < -0.39 is 20.0 Å². The Morgan fingerprint density at radius 2 is 0.724 bits per heavy atom. The summed E-state index contributed by atoms with van der Waals surface area (Å²) in [6.07, 6.45) is 77.3. The van der Waals surface area contributed by atoms with Crippen molar-refractivity contribution in [1.82, 2.24) is 5.32 Å². The first-order chi connectivity index (χ1) is 37.0. The number of hydrogen-bond donors (Lipinski definition) is 3. The van der Waals surface area contributed by atoms with Crippen LogP contribution in [-0.2, 0) is 18.4 Å². The van der Waals surface area contributed by atoms with E-state index in [1.807, 2.05) is 27.2 Å². The minimum atomic E-state index is -4.36. The number of allylic oxidation sites excluding steroid dienone is 5. The standard InChI is InChI=1S/C67H131N2O6P/c1-6-8-10-12-14-16-18-20-22-24-26-28-29-30-31-32-33-34-35-36-37-38-39-40-41-43-45-47-49-51-53-55-57-59-61-67(71)68-65(64-75-76(72,73)74-63-62-69(3,4)5)66(70)60-58-56-54-52-50-48-46-44-42-27-25-23-21-19-17-15-13-11-9-7-2/h42,44,50,52,58,60,65-66,70H,6-41,43,45-49,51,53-57,59,61-64H2,1-5H3,(H-,68,71,72,73)/p+1/b44-42+,52-50+,60-58+. The highest BCUT2D eigenvalue weighted by Gasteiger charge is 2.28. The molecule has 0 aliphatic carbocycles. The molecular weight excluding hydrogens is 960 g/mol. The van der Waals surface area contributed by atoms with Crippen LogP contribution in [0.5, 0.6) is 0 Å². The van der Waals surface area contributed by atoms with Crippen molar-refractivity contribution in [3.8, 4) is 0 Å². The molecule has 0 saturated carbocycles. The van der Waals surface area contributed by atoms with Crippen molar-refractivity contribution in [2.24, 2.45) is 0 Å². The molecule has 0 heterocycles. The van der Waals surface area contributed by atoms with Gasteiger partial charge in [0.25, 0.3) is 0 Å². The quantitative estimate of drug-likeness (QED) is 0.0243. The molecule has 9 heteroatoms. The lowest BCUT2D eigenvalue weighted by atomic mass is 10.0. The van der Waals surface area contributed by atoms with Crippen LogP contribution in [0.3, 0.4) is 0 Å². The van der Waals surface area contributed by atoms with Gasteiger partial charge in [0.05, 0.1) is 39.9 Å². The molecule has 0 aromatic heterocycles. The fourth-order valence-corrected chi connectivity index (χ4v) is 10.9. The van der Waals surface area contributed by atoms with E-state index in [0.717, 1.165) is 44.9 Å². The minimum absolute atomic E-state index is 0.0553. The lowest BCUT2D eigenvalue weighted by Crippen LogP contribution is -2.45. The third-order valence-electron chi connectivity index (χ3n) is 15.3. The average molecular weight is 1090 g/mol. The molecule has 3 N–H and O–H groups in total. The fourth-order valence-electron chi connectivity index (χ4n) is 10.1. The van der Waals surface area contributed by atoms with Crippen molar-refractivity contribution in [3.05, 3.63) is 36.5 Å². The molecule has 0 bridgehead atoms. The molecule has 3 atom stereocenters. The summed E-state index contributed by atoms with van der Waals surface area (Å²) in [7, 11) is 1.56. The molecule has 76 heavy (non-hydrogen) atoms. The number of phosphoric ester groups is 1. The molecule has 450 valence electrons. The number of rotatable bonds is 62. The average Bonchev–Trinajstić information content (AvgIpc) is 3.38. The SMILES string of the molecule is CCCCCCCCCCCC/C=C/CC/C=C/CC/C=C/C(O)C(COP(=O)(O)OCC[N+](C)(C)C)NC(=O)CCCCCCCCCCCCCCCCCCCCCCCCCCCCCCCCCCCC. The Labute approximate surface area is 474 Å². The summed E-state index contributed by atoms with van der Waals surface area (Å²) in [5.41, 5.74) is 0. The number of amides is 1. The molecule has 0 fully saturated rings. The van der Waals surface area contributed by atoms with Crippen molar-refractivity contribution in [1.29, 1.82) is 0 Å². The summed E-state index contributed by atoms with van der Waals surface area (Å²) in [5, 5.41) is 13.9. The van der Waals surface area contributed by atoms with Gasteiger partial charge in [-0.15, -0.1) is 0 Å². The van der Waals surface area contributed by atoms with Crippen molar-refractivity contribution in [2.45, 2.75) is 347 Å². The van der Waals surface area contributed by atoms with E-state index in [-0.39, 0.29) is 19.1 Å². The summed E-state index contributed by atoms with van der Waals surface area (Å²) < 4.78 is 23.7. The molecule has 0 radical (unpaired) electrons. The van der Waals surface area contributed by atoms with Gasteiger partial charge in [-0.2, -0.15) is 0 Å². The first-order valence-corrected chi connectivity index (χ1v) is 34.9. The van der Waals surface area contributed by atoms with Crippen LogP contribution in [0.1, 0.15) is 335 Å². The Bertz CT molecular complexity index is 1330.